The molecule has 0 fully saturated rings. The number of fused-ring (bicyclic) bond motifs is 5. The van der Waals surface area contributed by atoms with E-state index in [-0.39, 0.29) is 16.2 Å². The molecule has 31 heavy (non-hydrogen) atoms. The van der Waals surface area contributed by atoms with Crippen molar-refractivity contribution < 1.29 is 4.74 Å². The van der Waals surface area contributed by atoms with Gasteiger partial charge in [0.15, 0.2) is 0 Å². The third-order valence-electron chi connectivity index (χ3n) is 8.69. The van der Waals surface area contributed by atoms with Gasteiger partial charge < -0.3 is 4.74 Å². The van der Waals surface area contributed by atoms with Crippen molar-refractivity contribution in [3.63, 3.8) is 0 Å². The maximum atomic E-state index is 5.60. The first kappa shape index (κ1) is 20.1. The molecule has 2 aromatic carbocycles. The van der Waals surface area contributed by atoms with Gasteiger partial charge in [-0.05, 0) is 64.1 Å². The summed E-state index contributed by atoms with van der Waals surface area (Å²) in [5.74, 6) is 1.82. The minimum Gasteiger partial charge on any atom is -0.497 e. The first-order chi connectivity index (χ1) is 14.5. The summed E-state index contributed by atoms with van der Waals surface area (Å²) in [5.41, 5.74) is 6.65. The molecule has 0 saturated heterocycles. The number of methoxy groups -OCH3 is 1. The quantitative estimate of drug-likeness (QED) is 0.351. The number of nitrogens with zero attached hydrogens (tertiary/aromatic N) is 2. The van der Waals surface area contributed by atoms with Crippen LogP contribution in [0.3, 0.4) is 0 Å². The normalized spacial score (nSPS) is 18.5. The number of benzene rings is 2. The third-order valence-corrected chi connectivity index (χ3v) is 8.69. The molecule has 0 aliphatic heterocycles. The zero-order valence-corrected chi connectivity index (χ0v) is 19.9. The Hall–Kier alpha value is -2.81. The molecule has 160 valence electrons. The number of ether oxygens (including phenoxy) is 1. The third kappa shape index (κ3) is 2.38. The van der Waals surface area contributed by atoms with E-state index in [1.807, 2.05) is 6.20 Å². The summed E-state index contributed by atoms with van der Waals surface area (Å²) in [6.07, 6.45) is 1.91. The minimum absolute atomic E-state index is 0.00855. The van der Waals surface area contributed by atoms with Crippen LogP contribution in [0.5, 0.6) is 5.75 Å². The van der Waals surface area contributed by atoms with E-state index in [0.717, 1.165) is 17.1 Å². The van der Waals surface area contributed by atoms with Crippen molar-refractivity contribution in [2.24, 2.45) is 5.41 Å². The van der Waals surface area contributed by atoms with Crippen molar-refractivity contribution in [3.8, 4) is 11.6 Å². The Morgan fingerprint density at radius 3 is 2.23 bits per heavy atom. The maximum Gasteiger partial charge on any atom is 0.137 e. The molecule has 0 unspecified atom stereocenters. The summed E-state index contributed by atoms with van der Waals surface area (Å²) >= 11 is 0. The molecule has 0 atom stereocenters. The van der Waals surface area contributed by atoms with Crippen LogP contribution in [0.4, 0.5) is 0 Å². The highest BCUT2D eigenvalue weighted by Gasteiger charge is 2.57. The van der Waals surface area contributed by atoms with Crippen LogP contribution in [0.15, 0.2) is 48.7 Å². The van der Waals surface area contributed by atoms with Crippen molar-refractivity contribution in [1.29, 1.82) is 0 Å². The number of hydrogen-bond donors (Lipinski definition) is 0. The Morgan fingerprint density at radius 1 is 0.839 bits per heavy atom. The Labute approximate surface area is 185 Å². The summed E-state index contributed by atoms with van der Waals surface area (Å²) in [5, 5.41) is 2.52. The van der Waals surface area contributed by atoms with Gasteiger partial charge in [-0.3, -0.25) is 4.57 Å². The van der Waals surface area contributed by atoms with Crippen LogP contribution in [-0.2, 0) is 10.8 Å². The number of aromatic nitrogens is 2. The fraction of sp³-hybridized carbons (Fsp3) is 0.393. The summed E-state index contributed by atoms with van der Waals surface area (Å²) < 4.78 is 7.96. The maximum absolute atomic E-state index is 5.60. The van der Waals surface area contributed by atoms with Crippen molar-refractivity contribution in [2.75, 3.05) is 7.11 Å². The Morgan fingerprint density at radius 2 is 1.55 bits per heavy atom. The molecule has 0 N–H and O–H groups in total. The average molecular weight is 413 g/mol. The molecular weight excluding hydrogens is 380 g/mol. The second-order valence-corrected chi connectivity index (χ2v) is 10.7. The van der Waals surface area contributed by atoms with E-state index in [9.17, 15) is 0 Å². The van der Waals surface area contributed by atoms with Crippen LogP contribution in [-0.4, -0.2) is 16.7 Å². The predicted molar refractivity (Wildman–Crippen MR) is 130 cm³/mol. The highest BCUT2D eigenvalue weighted by atomic mass is 16.5. The van der Waals surface area contributed by atoms with Gasteiger partial charge in [0.1, 0.15) is 11.6 Å². The summed E-state index contributed by atoms with van der Waals surface area (Å²) in [6, 6.07) is 15.3. The lowest BCUT2D eigenvalue weighted by Gasteiger charge is -2.44. The Balaban J connectivity index is 2.04. The molecule has 3 heteroatoms. The molecule has 0 amide bonds. The van der Waals surface area contributed by atoms with Gasteiger partial charge in [0, 0.05) is 23.0 Å². The van der Waals surface area contributed by atoms with Crippen molar-refractivity contribution >= 4 is 21.8 Å². The lowest BCUT2D eigenvalue weighted by atomic mass is 9.59. The highest BCUT2D eigenvalue weighted by Crippen LogP contribution is 2.63. The van der Waals surface area contributed by atoms with Gasteiger partial charge in [-0.1, -0.05) is 53.7 Å². The van der Waals surface area contributed by atoms with E-state index in [1.54, 1.807) is 7.11 Å². The standard InChI is InChI=1S/C28H32N2O/c1-17-13-14-29-23(15-17)30-22-16-18(31-8)9-10-19(22)20-11-12-21-24(25(20)30)27(4,5)28(6,7)26(21,2)3/h9-16H,1-8H3. The molecule has 0 saturated carbocycles. The largest absolute Gasteiger partial charge is 0.497 e. The van der Waals surface area contributed by atoms with Crippen LogP contribution >= 0.6 is 0 Å². The topological polar surface area (TPSA) is 27.1 Å². The molecular formula is C28H32N2O. The fourth-order valence-electron chi connectivity index (χ4n) is 5.68. The van der Waals surface area contributed by atoms with Crippen LogP contribution in [0, 0.1) is 12.3 Å². The second-order valence-electron chi connectivity index (χ2n) is 10.7. The van der Waals surface area contributed by atoms with Gasteiger partial charge in [0.05, 0.1) is 18.1 Å². The van der Waals surface area contributed by atoms with Crippen molar-refractivity contribution in [3.05, 3.63) is 65.4 Å². The molecule has 3 nitrogen and oxygen atoms in total. The SMILES string of the molecule is COc1ccc2c3ccc4c(c3n(-c3cc(C)ccn3)c2c1)C(C)(C)C(C)(C)C4(C)C. The van der Waals surface area contributed by atoms with Crippen LogP contribution < -0.4 is 4.74 Å². The van der Waals surface area contributed by atoms with Crippen molar-refractivity contribution in [2.45, 2.75) is 59.3 Å². The van der Waals surface area contributed by atoms with Gasteiger partial charge in [0.25, 0.3) is 0 Å². The van der Waals surface area contributed by atoms with Gasteiger partial charge in [-0.15, -0.1) is 0 Å². The smallest absolute Gasteiger partial charge is 0.137 e. The Bertz CT molecular complexity index is 1350. The molecule has 2 heterocycles. The van der Waals surface area contributed by atoms with E-state index in [0.29, 0.717) is 0 Å². The summed E-state index contributed by atoms with van der Waals surface area (Å²) in [4.78, 5) is 4.81. The molecule has 5 rings (SSSR count). The number of pyridine rings is 1. The van der Waals surface area contributed by atoms with E-state index in [1.165, 1.54) is 33.0 Å². The first-order valence-corrected chi connectivity index (χ1v) is 11.1. The monoisotopic (exact) mass is 412 g/mol. The molecule has 0 bridgehead atoms. The average Bonchev–Trinajstić information content (AvgIpc) is 3.10. The number of aryl methyl sites for hydroxylation is 1. The van der Waals surface area contributed by atoms with Gasteiger partial charge >= 0.3 is 0 Å². The van der Waals surface area contributed by atoms with Gasteiger partial charge in [-0.2, -0.15) is 0 Å². The van der Waals surface area contributed by atoms with E-state index in [4.69, 9.17) is 9.72 Å². The summed E-state index contributed by atoms with van der Waals surface area (Å²) in [6.45, 7) is 16.6. The van der Waals surface area contributed by atoms with Gasteiger partial charge in [-0.25, -0.2) is 4.98 Å². The van der Waals surface area contributed by atoms with Gasteiger partial charge in [0.2, 0.25) is 0 Å². The molecule has 2 aromatic heterocycles. The first-order valence-electron chi connectivity index (χ1n) is 11.1. The fourth-order valence-corrected chi connectivity index (χ4v) is 5.68. The van der Waals surface area contributed by atoms with Crippen LogP contribution in [0.2, 0.25) is 0 Å². The lowest BCUT2D eigenvalue weighted by molar-refractivity contribution is 0.125. The molecule has 0 radical (unpaired) electrons. The Kier molecular flexibility index (Phi) is 3.97. The lowest BCUT2D eigenvalue weighted by Crippen LogP contribution is -2.42. The minimum atomic E-state index is -0.00855. The van der Waals surface area contributed by atoms with E-state index >= 15 is 0 Å². The van der Waals surface area contributed by atoms with E-state index in [2.05, 4.69) is 95.5 Å². The predicted octanol–water partition coefficient (Wildman–Crippen LogP) is 7.09. The van der Waals surface area contributed by atoms with Crippen LogP contribution in [0.1, 0.15) is 58.2 Å². The highest BCUT2D eigenvalue weighted by molar-refractivity contribution is 6.11. The van der Waals surface area contributed by atoms with Crippen LogP contribution in [0.25, 0.3) is 27.6 Å². The molecule has 4 aromatic rings. The summed E-state index contributed by atoms with van der Waals surface area (Å²) in [7, 11) is 1.73. The zero-order chi connectivity index (χ0) is 22.3. The molecule has 1 aliphatic carbocycles. The van der Waals surface area contributed by atoms with E-state index < -0.39 is 0 Å². The zero-order valence-electron chi connectivity index (χ0n) is 19.9. The second kappa shape index (κ2) is 6.12. The molecule has 1 aliphatic rings. The number of hydrogen-bond acceptors (Lipinski definition) is 2. The molecule has 0 spiro atoms. The van der Waals surface area contributed by atoms with Crippen molar-refractivity contribution in [1.82, 2.24) is 9.55 Å². The number of rotatable bonds is 2.